The molecule has 2 nitrogen and oxygen atoms in total. The largest absolute Gasteiger partial charge is 0.458 e. The second-order valence-corrected chi connectivity index (χ2v) is 6.90. The summed E-state index contributed by atoms with van der Waals surface area (Å²) in [7, 11) is 1.86. The lowest BCUT2D eigenvalue weighted by Crippen LogP contribution is -2.29. The minimum absolute atomic E-state index is 0.00928. The molecule has 1 aromatic carbocycles. The van der Waals surface area contributed by atoms with Crippen LogP contribution in [-0.4, -0.2) is 7.05 Å². The molecular weight excluding hydrogens is 333 g/mol. The van der Waals surface area contributed by atoms with Crippen molar-refractivity contribution in [3.8, 4) is 0 Å². The molecule has 0 aliphatic rings. The normalized spacial score (nSPS) is 14.1. The van der Waals surface area contributed by atoms with Gasteiger partial charge in [-0.15, -0.1) is 0 Å². The number of halogens is 3. The van der Waals surface area contributed by atoms with E-state index in [1.54, 1.807) is 6.07 Å². The van der Waals surface area contributed by atoms with Crippen LogP contribution in [0.25, 0.3) is 11.0 Å². The van der Waals surface area contributed by atoms with E-state index in [-0.39, 0.29) is 16.5 Å². The molecule has 1 heterocycles. The van der Waals surface area contributed by atoms with E-state index in [9.17, 15) is 4.39 Å². The molecule has 2 rings (SSSR count). The highest BCUT2D eigenvalue weighted by molar-refractivity contribution is 9.10. The molecule has 0 aliphatic carbocycles. The molecule has 0 bridgehead atoms. The highest BCUT2D eigenvalue weighted by Crippen LogP contribution is 2.39. The van der Waals surface area contributed by atoms with Crippen LogP contribution in [0.3, 0.4) is 0 Å². The van der Waals surface area contributed by atoms with Gasteiger partial charge in [0.05, 0.1) is 20.9 Å². The third-order valence-corrected chi connectivity index (χ3v) is 3.97. The van der Waals surface area contributed by atoms with Gasteiger partial charge in [-0.2, -0.15) is 0 Å². The van der Waals surface area contributed by atoms with Gasteiger partial charge in [-0.3, -0.25) is 0 Å². The number of furan rings is 1. The molecule has 0 saturated heterocycles. The van der Waals surface area contributed by atoms with Crippen molar-refractivity contribution >= 4 is 38.5 Å². The molecule has 0 saturated carbocycles. The summed E-state index contributed by atoms with van der Waals surface area (Å²) in [5, 5.41) is 3.70. The second kappa shape index (κ2) is 5.08. The van der Waals surface area contributed by atoms with Crippen molar-refractivity contribution in [2.75, 3.05) is 7.05 Å². The molecule has 0 fully saturated rings. The Morgan fingerprint density at radius 1 is 1.37 bits per heavy atom. The summed E-state index contributed by atoms with van der Waals surface area (Å²) in [5.74, 6) is 0.255. The predicted octanol–water partition coefficient (Wildman–Crippen LogP) is 5.29. The zero-order valence-electron chi connectivity index (χ0n) is 11.3. The molecule has 2 aromatic rings. The van der Waals surface area contributed by atoms with E-state index in [4.69, 9.17) is 16.0 Å². The topological polar surface area (TPSA) is 25.2 Å². The molecule has 0 radical (unpaired) electrons. The van der Waals surface area contributed by atoms with Crippen molar-refractivity contribution in [2.24, 2.45) is 5.41 Å². The van der Waals surface area contributed by atoms with Crippen LogP contribution in [0.15, 0.2) is 21.0 Å². The SMILES string of the molecule is CNC(c1cc2c(F)c(Cl)cc(Br)c2o1)C(C)(C)C. The Balaban J connectivity index is 2.65. The Bertz CT molecular complexity index is 618. The Hall–Kier alpha value is -0.580. The van der Waals surface area contributed by atoms with Crippen LogP contribution in [0.2, 0.25) is 5.02 Å². The van der Waals surface area contributed by atoms with E-state index >= 15 is 0 Å². The van der Waals surface area contributed by atoms with Gasteiger partial charge in [0.25, 0.3) is 0 Å². The minimum Gasteiger partial charge on any atom is -0.458 e. The Morgan fingerprint density at radius 2 is 2.00 bits per heavy atom. The summed E-state index contributed by atoms with van der Waals surface area (Å²) in [6, 6.07) is 3.22. The maximum atomic E-state index is 14.0. The molecule has 0 amide bonds. The van der Waals surface area contributed by atoms with Gasteiger partial charge in [0.2, 0.25) is 0 Å². The van der Waals surface area contributed by atoms with Crippen LogP contribution >= 0.6 is 27.5 Å². The first-order valence-electron chi connectivity index (χ1n) is 6.00. The first-order valence-corrected chi connectivity index (χ1v) is 7.17. The quantitative estimate of drug-likeness (QED) is 0.746. The van der Waals surface area contributed by atoms with Crippen LogP contribution in [0.1, 0.15) is 32.6 Å². The number of nitrogens with one attached hydrogen (secondary N) is 1. The van der Waals surface area contributed by atoms with E-state index in [0.29, 0.717) is 21.2 Å². The van der Waals surface area contributed by atoms with Crippen molar-refractivity contribution in [1.82, 2.24) is 5.32 Å². The average molecular weight is 349 g/mol. The lowest BCUT2D eigenvalue weighted by molar-refractivity contribution is 0.253. The predicted molar refractivity (Wildman–Crippen MR) is 80.1 cm³/mol. The lowest BCUT2D eigenvalue weighted by atomic mass is 9.85. The van der Waals surface area contributed by atoms with Gasteiger partial charge in [-0.1, -0.05) is 32.4 Å². The van der Waals surface area contributed by atoms with Crippen molar-refractivity contribution < 1.29 is 8.81 Å². The van der Waals surface area contributed by atoms with Crippen molar-refractivity contribution in [3.05, 3.63) is 33.2 Å². The summed E-state index contributed by atoms with van der Waals surface area (Å²) in [6.45, 7) is 6.29. The van der Waals surface area contributed by atoms with Crippen LogP contribution < -0.4 is 5.32 Å². The Labute approximate surface area is 125 Å². The first-order chi connectivity index (χ1) is 8.75. The molecule has 104 valence electrons. The molecule has 0 spiro atoms. The van der Waals surface area contributed by atoms with Crippen LogP contribution in [0.4, 0.5) is 4.39 Å². The minimum atomic E-state index is -0.446. The number of benzene rings is 1. The van der Waals surface area contributed by atoms with Gasteiger partial charge in [-0.05, 0) is 40.5 Å². The molecule has 1 atom stereocenters. The van der Waals surface area contributed by atoms with E-state index in [0.717, 1.165) is 0 Å². The summed E-state index contributed by atoms with van der Waals surface area (Å²) in [5.41, 5.74) is 0.441. The monoisotopic (exact) mass is 347 g/mol. The number of hydrogen-bond donors (Lipinski definition) is 1. The van der Waals surface area contributed by atoms with Gasteiger partial charge in [0.1, 0.15) is 5.76 Å². The third-order valence-electron chi connectivity index (χ3n) is 3.11. The van der Waals surface area contributed by atoms with Crippen LogP contribution in [-0.2, 0) is 0 Å². The van der Waals surface area contributed by atoms with E-state index in [2.05, 4.69) is 42.0 Å². The highest BCUT2D eigenvalue weighted by Gasteiger charge is 2.29. The van der Waals surface area contributed by atoms with Gasteiger partial charge < -0.3 is 9.73 Å². The fourth-order valence-electron chi connectivity index (χ4n) is 2.26. The molecule has 19 heavy (non-hydrogen) atoms. The van der Waals surface area contributed by atoms with E-state index in [1.165, 1.54) is 6.07 Å². The van der Waals surface area contributed by atoms with E-state index < -0.39 is 5.82 Å². The Kier molecular flexibility index (Phi) is 3.96. The lowest BCUT2D eigenvalue weighted by Gasteiger charge is -2.28. The third kappa shape index (κ3) is 2.67. The Morgan fingerprint density at radius 3 is 2.53 bits per heavy atom. The summed E-state index contributed by atoms with van der Waals surface area (Å²) >= 11 is 9.19. The van der Waals surface area contributed by atoms with Gasteiger partial charge in [0.15, 0.2) is 11.4 Å². The smallest absolute Gasteiger partial charge is 0.152 e. The van der Waals surface area contributed by atoms with Gasteiger partial charge in [0, 0.05) is 0 Å². The van der Waals surface area contributed by atoms with Crippen molar-refractivity contribution in [3.63, 3.8) is 0 Å². The zero-order chi connectivity index (χ0) is 14.4. The summed E-state index contributed by atoms with van der Waals surface area (Å²) < 4.78 is 20.5. The first kappa shape index (κ1) is 14.8. The second-order valence-electron chi connectivity index (χ2n) is 5.63. The fraction of sp³-hybridized carbons (Fsp3) is 0.429. The average Bonchev–Trinajstić information content (AvgIpc) is 2.70. The zero-order valence-corrected chi connectivity index (χ0v) is 13.6. The van der Waals surface area contributed by atoms with Crippen molar-refractivity contribution in [2.45, 2.75) is 26.8 Å². The molecular formula is C14H16BrClFNO. The standard InChI is InChI=1S/C14H16BrClFNO/c1-14(2,3)13(18-4)10-5-7-11(17)9(16)6-8(15)12(7)19-10/h5-6,13,18H,1-4H3. The molecule has 5 heteroatoms. The molecule has 1 unspecified atom stereocenters. The fourth-order valence-corrected chi connectivity index (χ4v) is 3.13. The van der Waals surface area contributed by atoms with E-state index in [1.807, 2.05) is 7.05 Å². The van der Waals surface area contributed by atoms with Crippen molar-refractivity contribution in [1.29, 1.82) is 0 Å². The maximum Gasteiger partial charge on any atom is 0.152 e. The van der Waals surface area contributed by atoms with Crippen LogP contribution in [0, 0.1) is 11.2 Å². The number of hydrogen-bond acceptors (Lipinski definition) is 2. The highest BCUT2D eigenvalue weighted by atomic mass is 79.9. The van der Waals surface area contributed by atoms with Crippen LogP contribution in [0.5, 0.6) is 0 Å². The van der Waals surface area contributed by atoms with Gasteiger partial charge >= 0.3 is 0 Å². The molecule has 1 N–H and O–H groups in total. The summed E-state index contributed by atoms with van der Waals surface area (Å²) in [6.07, 6.45) is 0. The number of rotatable bonds is 2. The molecule has 0 aliphatic heterocycles. The summed E-state index contributed by atoms with van der Waals surface area (Å²) in [4.78, 5) is 0. The maximum absolute atomic E-state index is 14.0. The molecule has 1 aromatic heterocycles. The number of fused-ring (bicyclic) bond motifs is 1. The van der Waals surface area contributed by atoms with Gasteiger partial charge in [-0.25, -0.2) is 4.39 Å².